The minimum atomic E-state index is 0. The van der Waals surface area contributed by atoms with E-state index < -0.39 is 0 Å². The molecule has 1 heterocycles. The van der Waals surface area contributed by atoms with E-state index in [1.807, 2.05) is 0 Å². The molecule has 4 heteroatoms. The number of aryl methyl sites for hydroxylation is 2. The van der Waals surface area contributed by atoms with E-state index in [-0.39, 0.29) is 12.4 Å². The predicted molar refractivity (Wildman–Crippen MR) is 122 cm³/mol. The minimum Gasteiger partial charge on any atom is -0.496 e. The molecule has 0 aromatic heterocycles. The topological polar surface area (TPSA) is 21.7 Å². The highest BCUT2D eigenvalue weighted by Crippen LogP contribution is 2.48. The number of halogens is 1. The fourth-order valence-corrected chi connectivity index (χ4v) is 4.99. The molecule has 0 spiro atoms. The van der Waals surface area contributed by atoms with E-state index in [9.17, 15) is 0 Å². The van der Waals surface area contributed by atoms with Crippen LogP contribution >= 0.6 is 12.4 Å². The van der Waals surface area contributed by atoms with Crippen LogP contribution < -0.4 is 9.47 Å². The van der Waals surface area contributed by atoms with Gasteiger partial charge in [-0.05, 0) is 62.8 Å². The summed E-state index contributed by atoms with van der Waals surface area (Å²) in [5.41, 5.74) is 5.53. The Labute approximate surface area is 181 Å². The van der Waals surface area contributed by atoms with Crippen molar-refractivity contribution in [3.8, 4) is 11.5 Å². The second kappa shape index (κ2) is 9.86. The van der Waals surface area contributed by atoms with Crippen LogP contribution in [0, 0.1) is 12.8 Å². The van der Waals surface area contributed by atoms with Crippen LogP contribution in [0.15, 0.2) is 36.4 Å². The highest BCUT2D eigenvalue weighted by Gasteiger charge is 2.39. The van der Waals surface area contributed by atoms with Crippen LogP contribution in [0.25, 0.3) is 0 Å². The second-order valence-corrected chi connectivity index (χ2v) is 8.35. The lowest BCUT2D eigenvalue weighted by Gasteiger charge is -2.30. The van der Waals surface area contributed by atoms with Crippen molar-refractivity contribution >= 4 is 12.4 Å². The molecule has 0 bridgehead atoms. The van der Waals surface area contributed by atoms with Gasteiger partial charge in [-0.15, -0.1) is 12.4 Å². The van der Waals surface area contributed by atoms with Gasteiger partial charge in [-0.3, -0.25) is 0 Å². The molecule has 1 fully saturated rings. The van der Waals surface area contributed by atoms with Gasteiger partial charge in [0.25, 0.3) is 0 Å². The second-order valence-electron chi connectivity index (χ2n) is 8.35. The lowest BCUT2D eigenvalue weighted by Crippen LogP contribution is -2.21. The van der Waals surface area contributed by atoms with Crippen LogP contribution in [0.4, 0.5) is 0 Å². The Morgan fingerprint density at radius 2 is 1.79 bits per heavy atom. The van der Waals surface area contributed by atoms with E-state index in [0.717, 1.165) is 56.4 Å². The monoisotopic (exact) mass is 415 g/mol. The first-order valence-electron chi connectivity index (χ1n) is 10.8. The maximum Gasteiger partial charge on any atom is 0.123 e. The van der Waals surface area contributed by atoms with E-state index in [4.69, 9.17) is 9.47 Å². The summed E-state index contributed by atoms with van der Waals surface area (Å²) in [6.45, 7) is 8.69. The van der Waals surface area contributed by atoms with Crippen molar-refractivity contribution in [2.24, 2.45) is 5.92 Å². The molecule has 4 rings (SSSR count). The van der Waals surface area contributed by atoms with E-state index in [1.165, 1.54) is 35.2 Å². The fraction of sp³-hybridized carbons (Fsp3) is 0.520. The Hall–Kier alpha value is -1.71. The van der Waals surface area contributed by atoms with Gasteiger partial charge in [0.05, 0.1) is 13.7 Å². The Morgan fingerprint density at radius 1 is 1.03 bits per heavy atom. The predicted octanol–water partition coefficient (Wildman–Crippen LogP) is 5.42. The van der Waals surface area contributed by atoms with Gasteiger partial charge in [0.1, 0.15) is 11.5 Å². The van der Waals surface area contributed by atoms with E-state index in [1.54, 1.807) is 7.11 Å². The van der Waals surface area contributed by atoms with Gasteiger partial charge in [-0.2, -0.15) is 0 Å². The number of likely N-dealkylation sites (tertiary alicyclic amines) is 1. The number of rotatable bonds is 7. The van der Waals surface area contributed by atoms with Gasteiger partial charge >= 0.3 is 0 Å². The van der Waals surface area contributed by atoms with Crippen LogP contribution in [0.2, 0.25) is 0 Å². The average Bonchev–Trinajstić information content (AvgIpc) is 3.16. The van der Waals surface area contributed by atoms with Crippen molar-refractivity contribution in [1.29, 1.82) is 0 Å². The SMILES string of the molecule is CCN1CC2CCc3c(OC)ccc(OCCCc4ccc(C)cc4)c3C2C1.Cl. The summed E-state index contributed by atoms with van der Waals surface area (Å²) in [5, 5.41) is 0. The molecule has 2 aromatic rings. The maximum absolute atomic E-state index is 6.35. The smallest absolute Gasteiger partial charge is 0.123 e. The van der Waals surface area contributed by atoms with E-state index >= 15 is 0 Å². The lowest BCUT2D eigenvalue weighted by molar-refractivity contribution is 0.298. The first kappa shape index (κ1) is 22.0. The van der Waals surface area contributed by atoms with Crippen LogP contribution in [0.3, 0.4) is 0 Å². The van der Waals surface area contributed by atoms with E-state index in [0.29, 0.717) is 5.92 Å². The molecule has 0 radical (unpaired) electrons. The number of methoxy groups -OCH3 is 1. The number of likely N-dealkylation sites (N-methyl/N-ethyl adjacent to an activating group) is 1. The number of benzene rings is 2. The molecule has 1 aliphatic carbocycles. The summed E-state index contributed by atoms with van der Waals surface area (Å²) >= 11 is 0. The quantitative estimate of drug-likeness (QED) is 0.563. The van der Waals surface area contributed by atoms with Crippen LogP contribution in [-0.4, -0.2) is 38.3 Å². The van der Waals surface area contributed by atoms with Gasteiger partial charge in [0.2, 0.25) is 0 Å². The zero-order valence-corrected chi connectivity index (χ0v) is 18.8. The normalized spacial score (nSPS) is 20.5. The van der Waals surface area contributed by atoms with Gasteiger partial charge in [-0.1, -0.05) is 36.8 Å². The van der Waals surface area contributed by atoms with Crippen LogP contribution in [0.1, 0.15) is 47.9 Å². The third kappa shape index (κ3) is 4.73. The van der Waals surface area contributed by atoms with Gasteiger partial charge in [0, 0.05) is 30.1 Å². The Bertz CT molecular complexity index is 805. The third-order valence-electron chi connectivity index (χ3n) is 6.58. The molecule has 29 heavy (non-hydrogen) atoms. The van der Waals surface area contributed by atoms with E-state index in [2.05, 4.69) is 55.1 Å². The van der Waals surface area contributed by atoms with Crippen molar-refractivity contribution in [1.82, 2.24) is 4.90 Å². The highest BCUT2D eigenvalue weighted by molar-refractivity contribution is 5.85. The maximum atomic E-state index is 6.35. The van der Waals surface area contributed by atoms with Crippen LogP contribution in [0.5, 0.6) is 11.5 Å². The number of fused-ring (bicyclic) bond motifs is 3. The Kier molecular flexibility index (Phi) is 7.48. The van der Waals surface area contributed by atoms with Gasteiger partial charge in [0.15, 0.2) is 0 Å². The minimum absolute atomic E-state index is 0. The number of ether oxygens (including phenoxy) is 2. The zero-order valence-electron chi connectivity index (χ0n) is 17.9. The molecule has 0 saturated carbocycles. The molecule has 0 amide bonds. The van der Waals surface area contributed by atoms with Crippen molar-refractivity contribution in [3.63, 3.8) is 0 Å². The molecule has 1 aliphatic heterocycles. The molecule has 2 unspecified atom stereocenters. The third-order valence-corrected chi connectivity index (χ3v) is 6.58. The molecule has 2 aromatic carbocycles. The molecule has 158 valence electrons. The largest absolute Gasteiger partial charge is 0.496 e. The molecular formula is C25H34ClNO2. The van der Waals surface area contributed by atoms with Crippen molar-refractivity contribution < 1.29 is 9.47 Å². The summed E-state index contributed by atoms with van der Waals surface area (Å²) in [4.78, 5) is 2.59. The first-order chi connectivity index (χ1) is 13.7. The molecular weight excluding hydrogens is 382 g/mol. The standard InChI is InChI=1S/C25H33NO2.ClH/c1-4-26-16-20-11-12-21-23(27-3)13-14-24(25(21)22(20)17-26)28-15-5-6-19-9-7-18(2)8-10-19;/h7-10,13-14,20,22H,4-6,11-12,15-17H2,1-3H3;1H. The summed E-state index contributed by atoms with van der Waals surface area (Å²) in [6.07, 6.45) is 4.48. The number of hydrogen-bond donors (Lipinski definition) is 0. The summed E-state index contributed by atoms with van der Waals surface area (Å²) in [5.74, 6) is 3.48. The van der Waals surface area contributed by atoms with Gasteiger partial charge < -0.3 is 14.4 Å². The fourth-order valence-electron chi connectivity index (χ4n) is 4.99. The van der Waals surface area contributed by atoms with Crippen molar-refractivity contribution in [2.45, 2.75) is 45.4 Å². The Balaban J connectivity index is 0.00000240. The molecule has 1 saturated heterocycles. The van der Waals surface area contributed by atoms with Gasteiger partial charge in [-0.25, -0.2) is 0 Å². The van der Waals surface area contributed by atoms with Crippen LogP contribution in [-0.2, 0) is 12.8 Å². The average molecular weight is 416 g/mol. The highest BCUT2D eigenvalue weighted by atomic mass is 35.5. The first-order valence-corrected chi connectivity index (χ1v) is 10.8. The molecule has 0 N–H and O–H groups in total. The molecule has 2 atom stereocenters. The summed E-state index contributed by atoms with van der Waals surface area (Å²) < 4.78 is 12.0. The zero-order chi connectivity index (χ0) is 19.5. The summed E-state index contributed by atoms with van der Waals surface area (Å²) in [6, 6.07) is 13.1. The Morgan fingerprint density at radius 3 is 2.52 bits per heavy atom. The van der Waals surface area contributed by atoms with Crippen molar-refractivity contribution in [3.05, 3.63) is 58.7 Å². The van der Waals surface area contributed by atoms with Crippen molar-refractivity contribution in [2.75, 3.05) is 33.4 Å². The summed E-state index contributed by atoms with van der Waals surface area (Å²) in [7, 11) is 1.79. The number of nitrogens with zero attached hydrogens (tertiary/aromatic N) is 1. The lowest BCUT2D eigenvalue weighted by atomic mass is 9.76. The number of hydrogen-bond acceptors (Lipinski definition) is 3. The molecule has 3 nitrogen and oxygen atoms in total. The molecule has 2 aliphatic rings.